The van der Waals surface area contributed by atoms with Crippen LogP contribution in [0, 0.1) is 13.8 Å². The van der Waals surface area contributed by atoms with E-state index in [0.29, 0.717) is 35.8 Å². The monoisotopic (exact) mass is 492 g/mol. The number of ketones is 2. The molecule has 2 aliphatic heterocycles. The highest BCUT2D eigenvalue weighted by atomic mass is 16.5. The van der Waals surface area contributed by atoms with Crippen molar-refractivity contribution in [1.82, 2.24) is 9.97 Å². The van der Waals surface area contributed by atoms with E-state index in [2.05, 4.69) is 9.97 Å². The molecule has 4 aromatic rings. The van der Waals surface area contributed by atoms with Gasteiger partial charge in [-0.2, -0.15) is 0 Å². The number of fused-ring (bicyclic) bond motifs is 2. The molecular weight excluding hydrogens is 464 g/mol. The molecule has 0 saturated heterocycles. The highest BCUT2D eigenvalue weighted by molar-refractivity contribution is 6.07. The van der Waals surface area contributed by atoms with Crippen molar-refractivity contribution in [2.24, 2.45) is 0 Å². The number of ether oxygens (including phenoxy) is 2. The zero-order valence-corrected chi connectivity index (χ0v) is 21.1. The van der Waals surface area contributed by atoms with Gasteiger partial charge in [-0.1, -0.05) is 24.3 Å². The molecule has 186 valence electrons. The van der Waals surface area contributed by atoms with E-state index >= 15 is 0 Å². The molecule has 0 fully saturated rings. The lowest BCUT2D eigenvalue weighted by atomic mass is 9.76. The lowest BCUT2D eigenvalue weighted by molar-refractivity contribution is 0.0790. The maximum Gasteiger partial charge on any atom is 0.180 e. The molecule has 6 nitrogen and oxygen atoms in total. The topological polar surface area (TPSA) is 78.4 Å². The van der Waals surface area contributed by atoms with Crippen LogP contribution < -0.4 is 9.47 Å². The first-order valence-electron chi connectivity index (χ1n) is 12.2. The fourth-order valence-electron chi connectivity index (χ4n) is 4.64. The summed E-state index contributed by atoms with van der Waals surface area (Å²) in [5.74, 6) is 1.35. The normalized spacial score (nSPS) is 19.9. The van der Waals surface area contributed by atoms with Crippen LogP contribution in [0.15, 0.2) is 85.5 Å². The maximum atomic E-state index is 12.7. The lowest BCUT2D eigenvalue weighted by Crippen LogP contribution is -2.42. The molecule has 0 radical (unpaired) electrons. The van der Waals surface area contributed by atoms with E-state index in [4.69, 9.17) is 9.47 Å². The minimum absolute atomic E-state index is 0.0988. The van der Waals surface area contributed by atoms with E-state index in [1.807, 2.05) is 81.4 Å². The third kappa shape index (κ3) is 4.75. The Hall–Kier alpha value is -4.32. The Morgan fingerprint density at radius 3 is 2.11 bits per heavy atom. The number of hydrogen-bond donors (Lipinski definition) is 0. The number of benzene rings is 2. The molecular formula is C31H28N2O4. The van der Waals surface area contributed by atoms with Gasteiger partial charge in [0.1, 0.15) is 24.7 Å². The van der Waals surface area contributed by atoms with Crippen molar-refractivity contribution in [3.05, 3.63) is 119 Å². The van der Waals surface area contributed by atoms with Gasteiger partial charge in [0.05, 0.1) is 22.5 Å². The van der Waals surface area contributed by atoms with E-state index in [1.54, 1.807) is 24.8 Å². The minimum Gasteiger partial charge on any atom is -0.492 e. The Morgan fingerprint density at radius 1 is 0.811 bits per heavy atom. The van der Waals surface area contributed by atoms with Gasteiger partial charge in [-0.25, -0.2) is 0 Å². The van der Waals surface area contributed by atoms with Crippen LogP contribution in [0.1, 0.15) is 55.8 Å². The van der Waals surface area contributed by atoms with E-state index < -0.39 is 5.41 Å². The minimum atomic E-state index is -0.656. The number of carbonyl (C=O) groups excluding carboxylic acids is 2. The number of hydrogen-bond acceptors (Lipinski definition) is 6. The SMILES string of the molecule is Cc1ccc2c(c1)OCC(C)(c1cccnc1)C2=O.Cc1ccc2c(c1)OCC(c1cccnc1)C2=O. The van der Waals surface area contributed by atoms with Crippen LogP contribution in [0.25, 0.3) is 0 Å². The first-order valence-corrected chi connectivity index (χ1v) is 12.2. The van der Waals surface area contributed by atoms with Crippen molar-refractivity contribution in [3.8, 4) is 11.5 Å². The zero-order chi connectivity index (χ0) is 26.0. The predicted molar refractivity (Wildman–Crippen MR) is 141 cm³/mol. The van der Waals surface area contributed by atoms with Gasteiger partial charge in [0.25, 0.3) is 0 Å². The molecule has 2 aromatic carbocycles. The molecule has 0 spiro atoms. The molecule has 37 heavy (non-hydrogen) atoms. The Morgan fingerprint density at radius 2 is 1.46 bits per heavy atom. The van der Waals surface area contributed by atoms with E-state index in [1.165, 1.54) is 0 Å². The van der Waals surface area contributed by atoms with E-state index in [0.717, 1.165) is 22.3 Å². The van der Waals surface area contributed by atoms with Crippen LogP contribution in [-0.2, 0) is 5.41 Å². The third-order valence-corrected chi connectivity index (χ3v) is 6.91. The highest BCUT2D eigenvalue weighted by Crippen LogP contribution is 2.37. The van der Waals surface area contributed by atoms with Crippen LogP contribution in [-0.4, -0.2) is 34.7 Å². The molecule has 6 rings (SSSR count). The quantitative estimate of drug-likeness (QED) is 0.359. The summed E-state index contributed by atoms with van der Waals surface area (Å²) in [6, 6.07) is 18.9. The van der Waals surface area contributed by atoms with Crippen LogP contribution in [0.4, 0.5) is 0 Å². The van der Waals surface area contributed by atoms with Crippen molar-refractivity contribution in [3.63, 3.8) is 0 Å². The fourth-order valence-corrected chi connectivity index (χ4v) is 4.64. The van der Waals surface area contributed by atoms with E-state index in [9.17, 15) is 9.59 Å². The summed E-state index contributed by atoms with van der Waals surface area (Å²) in [5, 5.41) is 0. The molecule has 6 heteroatoms. The summed E-state index contributed by atoms with van der Waals surface area (Å²) < 4.78 is 11.5. The standard InChI is InChI=1S/C16H15NO2.C15H13NO2/c1-11-5-6-13-14(8-11)19-10-16(2,15(13)18)12-4-3-7-17-9-12;1-10-4-5-12-14(7-10)18-9-13(15(12)17)11-3-2-6-16-8-11/h3-9H,10H2,1-2H3;2-8,13H,9H2,1H3. The number of rotatable bonds is 2. The molecule has 4 heterocycles. The van der Waals surface area contributed by atoms with Gasteiger partial charge in [-0.05, 0) is 79.4 Å². The zero-order valence-electron chi connectivity index (χ0n) is 21.1. The average molecular weight is 493 g/mol. The average Bonchev–Trinajstić information content (AvgIpc) is 2.92. The Balaban J connectivity index is 0.000000152. The molecule has 0 bridgehead atoms. The number of nitrogens with zero attached hydrogens (tertiary/aromatic N) is 2. The van der Waals surface area contributed by atoms with Crippen LogP contribution in [0.3, 0.4) is 0 Å². The van der Waals surface area contributed by atoms with Crippen molar-refractivity contribution in [1.29, 1.82) is 0 Å². The van der Waals surface area contributed by atoms with Gasteiger partial charge in [0.2, 0.25) is 0 Å². The van der Waals surface area contributed by atoms with Gasteiger partial charge in [0.15, 0.2) is 11.6 Å². The maximum absolute atomic E-state index is 12.7. The van der Waals surface area contributed by atoms with Crippen molar-refractivity contribution in [2.75, 3.05) is 13.2 Å². The van der Waals surface area contributed by atoms with Crippen LogP contribution >= 0.6 is 0 Å². The van der Waals surface area contributed by atoms with E-state index in [-0.39, 0.29) is 17.5 Å². The number of aromatic nitrogens is 2. The van der Waals surface area contributed by atoms with Crippen LogP contribution in [0.2, 0.25) is 0 Å². The molecule has 0 N–H and O–H groups in total. The van der Waals surface area contributed by atoms with Crippen molar-refractivity contribution >= 4 is 11.6 Å². The second-order valence-electron chi connectivity index (χ2n) is 9.71. The first-order chi connectivity index (χ1) is 17.9. The molecule has 0 amide bonds. The van der Waals surface area contributed by atoms with Crippen molar-refractivity contribution < 1.29 is 19.1 Å². The summed E-state index contributed by atoms with van der Waals surface area (Å²) in [6.45, 7) is 6.63. The van der Waals surface area contributed by atoms with Crippen molar-refractivity contribution in [2.45, 2.75) is 32.1 Å². The Bertz CT molecular complexity index is 1450. The number of aryl methyl sites for hydroxylation is 2. The van der Waals surface area contributed by atoms with Gasteiger partial charge in [-0.3, -0.25) is 19.6 Å². The van der Waals surface area contributed by atoms with Gasteiger partial charge < -0.3 is 9.47 Å². The number of pyridine rings is 2. The lowest BCUT2D eigenvalue weighted by Gasteiger charge is -2.33. The van der Waals surface area contributed by atoms with Gasteiger partial charge >= 0.3 is 0 Å². The second kappa shape index (κ2) is 9.97. The smallest absolute Gasteiger partial charge is 0.180 e. The summed E-state index contributed by atoms with van der Waals surface area (Å²) in [7, 11) is 0. The molecule has 2 aliphatic rings. The summed E-state index contributed by atoms with van der Waals surface area (Å²) in [6.07, 6.45) is 6.87. The first kappa shape index (κ1) is 24.4. The summed E-state index contributed by atoms with van der Waals surface area (Å²) in [5.41, 5.74) is 4.66. The highest BCUT2D eigenvalue weighted by Gasteiger charge is 2.41. The Labute approximate surface area is 216 Å². The number of Topliss-reactive ketones (excluding diaryl/α,β-unsaturated/α-hetero) is 2. The van der Waals surface area contributed by atoms with Crippen LogP contribution in [0.5, 0.6) is 11.5 Å². The second-order valence-corrected chi connectivity index (χ2v) is 9.71. The number of carbonyl (C=O) groups is 2. The summed E-state index contributed by atoms with van der Waals surface area (Å²) in [4.78, 5) is 33.3. The van der Waals surface area contributed by atoms with Gasteiger partial charge in [-0.15, -0.1) is 0 Å². The molecule has 0 saturated carbocycles. The molecule has 0 aliphatic carbocycles. The van der Waals surface area contributed by atoms with Gasteiger partial charge in [0, 0.05) is 24.8 Å². The molecule has 2 unspecified atom stereocenters. The molecule has 2 aromatic heterocycles. The third-order valence-electron chi connectivity index (χ3n) is 6.91. The largest absolute Gasteiger partial charge is 0.492 e. The fraction of sp³-hybridized carbons (Fsp3) is 0.226. The molecule has 2 atom stereocenters. The Kier molecular flexibility index (Phi) is 6.57. The summed E-state index contributed by atoms with van der Waals surface area (Å²) >= 11 is 0. The predicted octanol–water partition coefficient (Wildman–Crippen LogP) is 5.67.